The number of morpholine rings is 1. The minimum absolute atomic E-state index is 0. The Hall–Kier alpha value is -2.48. The van der Waals surface area contributed by atoms with E-state index in [2.05, 4.69) is 11.8 Å². The van der Waals surface area contributed by atoms with Crippen LogP contribution in [0.5, 0.6) is 17.2 Å². The van der Waals surface area contributed by atoms with E-state index in [9.17, 15) is 4.79 Å². The van der Waals surface area contributed by atoms with Gasteiger partial charge in [-0.1, -0.05) is 19.4 Å². The summed E-state index contributed by atoms with van der Waals surface area (Å²) in [5.74, 6) is 2.06. The second-order valence-electron chi connectivity index (χ2n) is 7.66. The first-order chi connectivity index (χ1) is 15.7. The van der Waals surface area contributed by atoms with Gasteiger partial charge in [-0.15, -0.1) is 12.4 Å². The number of carbonyl (C=O) groups is 1. The third-order valence-corrected chi connectivity index (χ3v) is 5.36. The quantitative estimate of drug-likeness (QED) is 0.429. The van der Waals surface area contributed by atoms with E-state index in [1.807, 2.05) is 48.5 Å². The van der Waals surface area contributed by atoms with Crippen LogP contribution >= 0.6 is 12.4 Å². The van der Waals surface area contributed by atoms with Crippen molar-refractivity contribution in [2.45, 2.75) is 19.8 Å². The van der Waals surface area contributed by atoms with Gasteiger partial charge in [0.05, 0.1) is 26.9 Å². The Bertz CT molecular complexity index is 828. The van der Waals surface area contributed by atoms with Crippen molar-refractivity contribution < 1.29 is 23.7 Å². The van der Waals surface area contributed by atoms with Crippen LogP contribution in [-0.2, 0) is 9.53 Å². The van der Waals surface area contributed by atoms with Gasteiger partial charge in [-0.25, -0.2) is 0 Å². The SMILES string of the molecule is CCCCOc1ccc(OCC(=O)N(CCN2CCOCC2)c2cccc(OC)c2)cc1.Cl. The van der Waals surface area contributed by atoms with Crippen molar-refractivity contribution in [1.82, 2.24) is 4.90 Å². The number of hydrogen-bond acceptors (Lipinski definition) is 6. The van der Waals surface area contributed by atoms with E-state index in [4.69, 9.17) is 18.9 Å². The highest BCUT2D eigenvalue weighted by Crippen LogP contribution is 2.22. The van der Waals surface area contributed by atoms with Gasteiger partial charge in [0.2, 0.25) is 0 Å². The standard InChI is InChI=1S/C25H34N2O5.ClH/c1-3-4-16-31-22-8-10-23(11-9-22)32-20-25(28)27(13-12-26-14-17-30-18-15-26)21-6-5-7-24(19-21)29-2;/h5-11,19H,3-4,12-18,20H2,1-2H3;1H. The van der Waals surface area contributed by atoms with Crippen molar-refractivity contribution in [3.05, 3.63) is 48.5 Å². The number of methoxy groups -OCH3 is 1. The number of amides is 1. The number of hydrogen-bond donors (Lipinski definition) is 0. The summed E-state index contributed by atoms with van der Waals surface area (Å²) in [4.78, 5) is 17.2. The Kier molecular flexibility index (Phi) is 11.9. The lowest BCUT2D eigenvalue weighted by Gasteiger charge is -2.30. The Morgan fingerprint density at radius 1 is 1.03 bits per heavy atom. The number of anilines is 1. The van der Waals surface area contributed by atoms with Crippen LogP contribution in [0.3, 0.4) is 0 Å². The van der Waals surface area contributed by atoms with Crippen LogP contribution in [0.2, 0.25) is 0 Å². The second-order valence-corrected chi connectivity index (χ2v) is 7.66. The van der Waals surface area contributed by atoms with Crippen molar-refractivity contribution in [1.29, 1.82) is 0 Å². The van der Waals surface area contributed by atoms with E-state index in [1.165, 1.54) is 0 Å². The predicted molar refractivity (Wildman–Crippen MR) is 132 cm³/mol. The molecule has 0 unspecified atom stereocenters. The molecule has 1 aliphatic heterocycles. The van der Waals surface area contributed by atoms with Gasteiger partial charge in [-0.3, -0.25) is 9.69 Å². The molecule has 0 radical (unpaired) electrons. The van der Waals surface area contributed by atoms with E-state index in [0.29, 0.717) is 24.7 Å². The van der Waals surface area contributed by atoms with Gasteiger partial charge in [0.15, 0.2) is 6.61 Å². The number of carbonyl (C=O) groups excluding carboxylic acids is 1. The van der Waals surface area contributed by atoms with E-state index < -0.39 is 0 Å². The molecule has 2 aromatic carbocycles. The van der Waals surface area contributed by atoms with Gasteiger partial charge in [0.1, 0.15) is 17.2 Å². The Morgan fingerprint density at radius 2 is 1.73 bits per heavy atom. The molecule has 182 valence electrons. The molecule has 0 aromatic heterocycles. The minimum atomic E-state index is -0.102. The molecule has 8 heteroatoms. The maximum Gasteiger partial charge on any atom is 0.264 e. The monoisotopic (exact) mass is 478 g/mol. The summed E-state index contributed by atoms with van der Waals surface area (Å²) < 4.78 is 22.2. The Labute approximate surface area is 203 Å². The highest BCUT2D eigenvalue weighted by molar-refractivity contribution is 5.94. The fourth-order valence-electron chi connectivity index (χ4n) is 3.43. The van der Waals surface area contributed by atoms with Crippen molar-refractivity contribution in [2.75, 3.05) is 64.6 Å². The molecule has 1 aliphatic rings. The van der Waals surface area contributed by atoms with E-state index >= 15 is 0 Å². The van der Waals surface area contributed by atoms with Gasteiger partial charge in [-0.2, -0.15) is 0 Å². The molecular weight excluding hydrogens is 444 g/mol. The zero-order valence-electron chi connectivity index (χ0n) is 19.5. The van der Waals surface area contributed by atoms with Crippen molar-refractivity contribution in [2.24, 2.45) is 0 Å². The fraction of sp³-hybridized carbons (Fsp3) is 0.480. The molecule has 1 amide bonds. The normalized spacial score (nSPS) is 13.6. The summed E-state index contributed by atoms with van der Waals surface area (Å²) in [5.41, 5.74) is 0.797. The third-order valence-electron chi connectivity index (χ3n) is 5.36. The average Bonchev–Trinajstić information content (AvgIpc) is 2.84. The highest BCUT2D eigenvalue weighted by Gasteiger charge is 2.19. The molecule has 0 bridgehead atoms. The van der Waals surface area contributed by atoms with Crippen molar-refractivity contribution >= 4 is 24.0 Å². The van der Waals surface area contributed by atoms with Crippen LogP contribution in [0.4, 0.5) is 5.69 Å². The molecule has 0 aliphatic carbocycles. The molecule has 2 aromatic rings. The molecule has 1 fully saturated rings. The van der Waals surface area contributed by atoms with E-state index in [-0.39, 0.29) is 24.9 Å². The summed E-state index contributed by atoms with van der Waals surface area (Å²) >= 11 is 0. The van der Waals surface area contributed by atoms with Crippen LogP contribution in [0, 0.1) is 0 Å². The van der Waals surface area contributed by atoms with E-state index in [0.717, 1.165) is 57.1 Å². The number of halogens is 1. The zero-order valence-corrected chi connectivity index (χ0v) is 20.4. The summed E-state index contributed by atoms with van der Waals surface area (Å²) in [7, 11) is 1.62. The molecule has 1 saturated heterocycles. The first kappa shape index (κ1) is 26.8. The summed E-state index contributed by atoms with van der Waals surface area (Å²) in [6.45, 7) is 7.35. The average molecular weight is 479 g/mol. The van der Waals surface area contributed by atoms with E-state index in [1.54, 1.807) is 12.0 Å². The molecular formula is C25H35ClN2O5. The number of ether oxygens (including phenoxy) is 4. The van der Waals surface area contributed by atoms with Crippen molar-refractivity contribution in [3.8, 4) is 17.2 Å². The minimum Gasteiger partial charge on any atom is -0.497 e. The Morgan fingerprint density at radius 3 is 2.39 bits per heavy atom. The topological polar surface area (TPSA) is 60.5 Å². The van der Waals surface area contributed by atoms with Gasteiger partial charge >= 0.3 is 0 Å². The number of benzene rings is 2. The van der Waals surface area contributed by atoms with Crippen LogP contribution < -0.4 is 19.1 Å². The molecule has 3 rings (SSSR count). The molecule has 33 heavy (non-hydrogen) atoms. The van der Waals surface area contributed by atoms with Crippen LogP contribution in [0.25, 0.3) is 0 Å². The lowest BCUT2D eigenvalue weighted by Crippen LogP contribution is -2.44. The van der Waals surface area contributed by atoms with Crippen LogP contribution in [-0.4, -0.2) is 70.5 Å². The predicted octanol–water partition coefficient (Wildman–Crippen LogP) is 4.04. The lowest BCUT2D eigenvalue weighted by molar-refractivity contribution is -0.120. The largest absolute Gasteiger partial charge is 0.497 e. The second kappa shape index (κ2) is 14.6. The molecule has 1 heterocycles. The third kappa shape index (κ3) is 8.76. The van der Waals surface area contributed by atoms with Crippen molar-refractivity contribution in [3.63, 3.8) is 0 Å². The number of nitrogens with zero attached hydrogens (tertiary/aromatic N) is 2. The maximum atomic E-state index is 13.1. The first-order valence-electron chi connectivity index (χ1n) is 11.3. The Balaban J connectivity index is 0.00000385. The van der Waals surface area contributed by atoms with Crippen LogP contribution in [0.1, 0.15) is 19.8 Å². The molecule has 0 saturated carbocycles. The maximum absolute atomic E-state index is 13.1. The lowest BCUT2D eigenvalue weighted by atomic mass is 10.2. The van der Waals surface area contributed by atoms with Gasteiger partial charge < -0.3 is 23.8 Å². The molecule has 7 nitrogen and oxygen atoms in total. The molecule has 0 N–H and O–H groups in total. The summed E-state index contributed by atoms with van der Waals surface area (Å²) in [6, 6.07) is 15.0. The first-order valence-corrected chi connectivity index (χ1v) is 11.3. The zero-order chi connectivity index (χ0) is 22.6. The summed E-state index contributed by atoms with van der Waals surface area (Å²) in [6.07, 6.45) is 2.12. The van der Waals surface area contributed by atoms with Crippen LogP contribution in [0.15, 0.2) is 48.5 Å². The summed E-state index contributed by atoms with van der Waals surface area (Å²) in [5, 5.41) is 0. The van der Waals surface area contributed by atoms with Gasteiger partial charge in [0, 0.05) is 37.9 Å². The smallest absolute Gasteiger partial charge is 0.264 e. The fourth-order valence-corrected chi connectivity index (χ4v) is 3.43. The van der Waals surface area contributed by atoms with Gasteiger partial charge in [0.25, 0.3) is 5.91 Å². The molecule has 0 spiro atoms. The highest BCUT2D eigenvalue weighted by atomic mass is 35.5. The molecule has 0 atom stereocenters. The van der Waals surface area contributed by atoms with Gasteiger partial charge in [-0.05, 0) is 42.8 Å². The number of unbranched alkanes of at least 4 members (excludes halogenated alkanes) is 1. The number of rotatable bonds is 12.